The van der Waals surface area contributed by atoms with Crippen molar-refractivity contribution in [2.75, 3.05) is 18.1 Å². The van der Waals surface area contributed by atoms with Crippen molar-refractivity contribution < 1.29 is 9.53 Å². The van der Waals surface area contributed by atoms with Crippen LogP contribution in [0.3, 0.4) is 0 Å². The third kappa shape index (κ3) is 4.07. The van der Waals surface area contributed by atoms with E-state index in [9.17, 15) is 4.79 Å². The number of hydrogen-bond acceptors (Lipinski definition) is 3. The number of aromatic nitrogens is 1. The van der Waals surface area contributed by atoms with E-state index in [1.165, 1.54) is 0 Å². The number of benzene rings is 2. The molecule has 4 nitrogen and oxygen atoms in total. The standard InChI is InChI=1S/C23H22N2O2/c26-23(20-13-15-27-17-20)25(16-21-8-4-5-14-24-21)22-11-9-19(10-12-22)18-6-2-1-3-7-18/h1-12,14,20H,13,15-17H2/t20-/m0/s1. The highest BCUT2D eigenvalue weighted by Gasteiger charge is 2.29. The molecule has 27 heavy (non-hydrogen) atoms. The number of amides is 1. The molecule has 1 amide bonds. The molecule has 2 aromatic carbocycles. The topological polar surface area (TPSA) is 42.4 Å². The smallest absolute Gasteiger partial charge is 0.232 e. The Bertz CT molecular complexity index is 873. The Morgan fingerprint density at radius 1 is 0.963 bits per heavy atom. The summed E-state index contributed by atoms with van der Waals surface area (Å²) in [6.45, 7) is 1.61. The summed E-state index contributed by atoms with van der Waals surface area (Å²) in [6.07, 6.45) is 2.54. The van der Waals surface area contributed by atoms with Crippen LogP contribution in [0.4, 0.5) is 5.69 Å². The van der Waals surface area contributed by atoms with Crippen molar-refractivity contribution in [3.05, 3.63) is 84.7 Å². The van der Waals surface area contributed by atoms with E-state index in [0.29, 0.717) is 19.8 Å². The van der Waals surface area contributed by atoms with Crippen LogP contribution in [0.15, 0.2) is 79.0 Å². The maximum Gasteiger partial charge on any atom is 0.232 e. The second-order valence-corrected chi connectivity index (χ2v) is 6.72. The van der Waals surface area contributed by atoms with Crippen LogP contribution in [-0.4, -0.2) is 24.1 Å². The molecular formula is C23H22N2O2. The molecular weight excluding hydrogens is 336 g/mol. The lowest BCUT2D eigenvalue weighted by Gasteiger charge is -2.25. The first-order valence-electron chi connectivity index (χ1n) is 9.26. The number of rotatable bonds is 5. The minimum Gasteiger partial charge on any atom is -0.381 e. The monoisotopic (exact) mass is 358 g/mol. The Morgan fingerprint density at radius 3 is 2.37 bits per heavy atom. The van der Waals surface area contributed by atoms with Gasteiger partial charge >= 0.3 is 0 Å². The van der Waals surface area contributed by atoms with Crippen LogP contribution in [0, 0.1) is 5.92 Å². The maximum absolute atomic E-state index is 13.1. The van der Waals surface area contributed by atoms with E-state index in [2.05, 4.69) is 29.2 Å². The molecule has 1 fully saturated rings. The zero-order valence-electron chi connectivity index (χ0n) is 15.1. The third-order valence-corrected chi connectivity index (χ3v) is 4.88. The Kier molecular flexibility index (Phi) is 5.26. The van der Waals surface area contributed by atoms with Gasteiger partial charge in [0.05, 0.1) is 24.8 Å². The lowest BCUT2D eigenvalue weighted by atomic mass is 10.0. The molecule has 0 aliphatic carbocycles. The summed E-state index contributed by atoms with van der Waals surface area (Å²) in [5.74, 6) is 0.0214. The predicted molar refractivity (Wildman–Crippen MR) is 106 cm³/mol. The van der Waals surface area contributed by atoms with Gasteiger partial charge in [0, 0.05) is 18.5 Å². The second-order valence-electron chi connectivity index (χ2n) is 6.72. The van der Waals surface area contributed by atoms with Crippen molar-refractivity contribution in [3.63, 3.8) is 0 Å². The number of ether oxygens (including phenoxy) is 1. The van der Waals surface area contributed by atoms with Crippen LogP contribution in [0.1, 0.15) is 12.1 Å². The summed E-state index contributed by atoms with van der Waals surface area (Å²) in [5, 5.41) is 0. The minimum atomic E-state index is -0.0810. The van der Waals surface area contributed by atoms with Gasteiger partial charge in [0.25, 0.3) is 0 Å². The van der Waals surface area contributed by atoms with Crippen LogP contribution >= 0.6 is 0 Å². The number of anilines is 1. The minimum absolute atomic E-state index is 0.0810. The Balaban J connectivity index is 1.62. The fourth-order valence-electron chi connectivity index (χ4n) is 3.36. The van der Waals surface area contributed by atoms with Gasteiger partial charge < -0.3 is 9.64 Å². The molecule has 1 aromatic heterocycles. The predicted octanol–water partition coefficient (Wildman–Crippen LogP) is 4.32. The van der Waals surface area contributed by atoms with Crippen LogP contribution in [0.5, 0.6) is 0 Å². The number of carbonyl (C=O) groups excluding carboxylic acids is 1. The molecule has 0 unspecified atom stereocenters. The molecule has 1 aliphatic rings. The van der Waals surface area contributed by atoms with Crippen molar-refractivity contribution in [2.24, 2.45) is 5.92 Å². The van der Waals surface area contributed by atoms with E-state index < -0.39 is 0 Å². The molecule has 136 valence electrons. The molecule has 3 aromatic rings. The molecule has 2 heterocycles. The maximum atomic E-state index is 13.1. The highest BCUT2D eigenvalue weighted by molar-refractivity contribution is 5.95. The number of carbonyl (C=O) groups is 1. The SMILES string of the molecule is O=C([C@H]1CCOC1)N(Cc1ccccn1)c1ccc(-c2ccccc2)cc1. The molecule has 0 bridgehead atoms. The highest BCUT2D eigenvalue weighted by atomic mass is 16.5. The number of hydrogen-bond donors (Lipinski definition) is 0. The molecule has 1 saturated heterocycles. The van der Waals surface area contributed by atoms with Crippen molar-refractivity contribution in [1.29, 1.82) is 0 Å². The van der Waals surface area contributed by atoms with E-state index in [0.717, 1.165) is 28.9 Å². The largest absolute Gasteiger partial charge is 0.381 e. The van der Waals surface area contributed by atoms with Gasteiger partial charge in [-0.25, -0.2) is 0 Å². The van der Waals surface area contributed by atoms with E-state index in [-0.39, 0.29) is 11.8 Å². The molecule has 4 rings (SSSR count). The van der Waals surface area contributed by atoms with Gasteiger partial charge in [-0.15, -0.1) is 0 Å². The van der Waals surface area contributed by atoms with Crippen LogP contribution in [-0.2, 0) is 16.1 Å². The summed E-state index contributed by atoms with van der Waals surface area (Å²) in [4.78, 5) is 19.3. The molecule has 4 heteroatoms. The fourth-order valence-corrected chi connectivity index (χ4v) is 3.36. The number of pyridine rings is 1. The number of nitrogens with zero attached hydrogens (tertiary/aromatic N) is 2. The lowest BCUT2D eigenvalue weighted by molar-refractivity contribution is -0.122. The van der Waals surface area contributed by atoms with E-state index in [4.69, 9.17) is 4.74 Å². The zero-order chi connectivity index (χ0) is 18.5. The third-order valence-electron chi connectivity index (χ3n) is 4.88. The lowest BCUT2D eigenvalue weighted by Crippen LogP contribution is -2.36. The van der Waals surface area contributed by atoms with Gasteiger partial charge in [-0.3, -0.25) is 9.78 Å². The van der Waals surface area contributed by atoms with Crippen LogP contribution in [0.2, 0.25) is 0 Å². The first kappa shape index (κ1) is 17.4. The van der Waals surface area contributed by atoms with Crippen LogP contribution < -0.4 is 4.90 Å². The molecule has 1 aliphatic heterocycles. The zero-order valence-corrected chi connectivity index (χ0v) is 15.1. The molecule has 0 N–H and O–H groups in total. The first-order chi connectivity index (χ1) is 13.3. The quantitative estimate of drug-likeness (QED) is 0.682. The molecule has 0 spiro atoms. The molecule has 0 radical (unpaired) electrons. The fraction of sp³-hybridized carbons (Fsp3) is 0.217. The summed E-state index contributed by atoms with van der Waals surface area (Å²) >= 11 is 0. The summed E-state index contributed by atoms with van der Waals surface area (Å²) in [5.41, 5.74) is 4.05. The van der Waals surface area contributed by atoms with Gasteiger partial charge in [0.1, 0.15) is 0 Å². The van der Waals surface area contributed by atoms with Gasteiger partial charge in [-0.05, 0) is 41.8 Å². The summed E-state index contributed by atoms with van der Waals surface area (Å²) in [7, 11) is 0. The molecule has 1 atom stereocenters. The van der Waals surface area contributed by atoms with Gasteiger partial charge in [-0.2, -0.15) is 0 Å². The normalized spacial score (nSPS) is 16.2. The summed E-state index contributed by atoms with van der Waals surface area (Å²) in [6, 6.07) is 24.2. The molecule has 0 saturated carbocycles. The van der Waals surface area contributed by atoms with Gasteiger partial charge in [0.2, 0.25) is 5.91 Å². The highest BCUT2D eigenvalue weighted by Crippen LogP contribution is 2.26. The van der Waals surface area contributed by atoms with E-state index >= 15 is 0 Å². The first-order valence-corrected chi connectivity index (χ1v) is 9.26. The van der Waals surface area contributed by atoms with Gasteiger partial charge in [0.15, 0.2) is 0 Å². The second kappa shape index (κ2) is 8.14. The van der Waals surface area contributed by atoms with Crippen LogP contribution in [0.25, 0.3) is 11.1 Å². The average molecular weight is 358 g/mol. The Hall–Kier alpha value is -2.98. The van der Waals surface area contributed by atoms with Crippen molar-refractivity contribution in [3.8, 4) is 11.1 Å². The Labute approximate surface area is 159 Å². The Morgan fingerprint density at radius 2 is 1.70 bits per heavy atom. The van der Waals surface area contributed by atoms with E-state index in [1.54, 1.807) is 6.20 Å². The van der Waals surface area contributed by atoms with Crippen molar-refractivity contribution in [2.45, 2.75) is 13.0 Å². The van der Waals surface area contributed by atoms with E-state index in [1.807, 2.05) is 53.4 Å². The van der Waals surface area contributed by atoms with Gasteiger partial charge in [-0.1, -0.05) is 48.5 Å². The summed E-state index contributed by atoms with van der Waals surface area (Å²) < 4.78 is 5.43. The van der Waals surface area contributed by atoms with Crippen molar-refractivity contribution in [1.82, 2.24) is 4.98 Å². The average Bonchev–Trinajstić information content (AvgIpc) is 3.28. The van der Waals surface area contributed by atoms with Crippen molar-refractivity contribution >= 4 is 11.6 Å².